The van der Waals surface area contributed by atoms with Crippen LogP contribution in [0.25, 0.3) is 0 Å². The van der Waals surface area contributed by atoms with E-state index < -0.39 is 12.7 Å². The summed E-state index contributed by atoms with van der Waals surface area (Å²) < 4.78 is 38.6. The summed E-state index contributed by atoms with van der Waals surface area (Å²) in [7, 11) is 0. The van der Waals surface area contributed by atoms with Crippen molar-refractivity contribution in [3.8, 4) is 0 Å². The van der Waals surface area contributed by atoms with Gasteiger partial charge in [0, 0.05) is 21.8 Å². The van der Waals surface area contributed by atoms with Crippen molar-refractivity contribution in [2.24, 2.45) is 0 Å². The molecule has 0 aromatic heterocycles. The molecule has 0 heterocycles. The maximum atomic E-state index is 12.6. The number of rotatable bonds is 4. The Hall–Kier alpha value is -1.04. The second-order valence-corrected chi connectivity index (χ2v) is 5.47. The van der Waals surface area contributed by atoms with Gasteiger partial charge in [-0.15, -0.1) is 0 Å². The summed E-state index contributed by atoms with van der Waals surface area (Å²) in [5.74, 6) is -0.254. The Kier molecular flexibility index (Phi) is 5.01. The lowest BCUT2D eigenvalue weighted by Crippen LogP contribution is -2.39. The number of carbonyl (C=O) groups is 1. The van der Waals surface area contributed by atoms with Crippen LogP contribution < -0.4 is 4.90 Å². The number of ketones is 1. The van der Waals surface area contributed by atoms with Crippen LogP contribution in [0.3, 0.4) is 0 Å². The molecule has 1 aromatic rings. The summed E-state index contributed by atoms with van der Waals surface area (Å²) in [5.41, 5.74) is 0.593. The van der Waals surface area contributed by atoms with Crippen molar-refractivity contribution >= 4 is 27.4 Å². The molecular formula is C13H15BrF3NO. The van der Waals surface area contributed by atoms with Gasteiger partial charge in [-0.25, -0.2) is 0 Å². The molecule has 0 N–H and O–H groups in total. The van der Waals surface area contributed by atoms with Crippen LogP contribution in [0.1, 0.15) is 31.1 Å². The third-order valence-electron chi connectivity index (χ3n) is 2.62. The number of hydrogen-bond donors (Lipinski definition) is 0. The van der Waals surface area contributed by atoms with Crippen LogP contribution >= 0.6 is 15.9 Å². The zero-order chi connectivity index (χ0) is 14.8. The first-order valence-corrected chi connectivity index (χ1v) is 6.55. The molecule has 0 aliphatic rings. The minimum absolute atomic E-state index is 0.254. The van der Waals surface area contributed by atoms with Crippen molar-refractivity contribution in [3.63, 3.8) is 0 Å². The molecule has 0 aliphatic heterocycles. The van der Waals surface area contributed by atoms with Gasteiger partial charge < -0.3 is 4.90 Å². The Labute approximate surface area is 118 Å². The van der Waals surface area contributed by atoms with Crippen LogP contribution in [0.4, 0.5) is 18.9 Å². The van der Waals surface area contributed by atoms with Crippen LogP contribution in [0.5, 0.6) is 0 Å². The van der Waals surface area contributed by atoms with Crippen LogP contribution in [-0.2, 0) is 0 Å². The zero-order valence-electron chi connectivity index (χ0n) is 10.9. The smallest absolute Gasteiger partial charge is 0.359 e. The van der Waals surface area contributed by atoms with E-state index in [9.17, 15) is 18.0 Å². The van der Waals surface area contributed by atoms with Crippen LogP contribution in [-0.4, -0.2) is 24.5 Å². The second-order valence-electron chi connectivity index (χ2n) is 4.55. The van der Waals surface area contributed by atoms with Gasteiger partial charge in [0.1, 0.15) is 6.54 Å². The molecule has 0 fully saturated rings. The third kappa shape index (κ3) is 4.53. The summed E-state index contributed by atoms with van der Waals surface area (Å²) in [6, 6.07) is 4.36. The number of nitrogens with zero attached hydrogens (tertiary/aromatic N) is 1. The molecule has 19 heavy (non-hydrogen) atoms. The number of alkyl halides is 3. The summed E-state index contributed by atoms with van der Waals surface area (Å²) in [6.45, 7) is 3.59. The summed E-state index contributed by atoms with van der Waals surface area (Å²) in [6.07, 6.45) is -4.32. The Bertz CT molecular complexity index is 471. The highest BCUT2D eigenvalue weighted by molar-refractivity contribution is 9.10. The van der Waals surface area contributed by atoms with E-state index in [1.165, 1.54) is 17.9 Å². The Morgan fingerprint density at radius 3 is 2.37 bits per heavy atom. The van der Waals surface area contributed by atoms with Crippen LogP contribution in [0, 0.1) is 0 Å². The first-order valence-electron chi connectivity index (χ1n) is 5.75. The fourth-order valence-electron chi connectivity index (χ4n) is 1.78. The highest BCUT2D eigenvalue weighted by Crippen LogP contribution is 2.30. The molecule has 0 saturated carbocycles. The van der Waals surface area contributed by atoms with E-state index in [0.717, 1.165) is 0 Å². The monoisotopic (exact) mass is 337 g/mol. The summed E-state index contributed by atoms with van der Waals surface area (Å²) in [5, 5.41) is 0. The van der Waals surface area contributed by atoms with Gasteiger partial charge in [0.2, 0.25) is 0 Å². The number of benzene rings is 1. The standard InChI is InChI=1S/C13H15BrF3NO/c1-8(2)18(7-13(15,16)17)12-6-10(14)4-5-11(12)9(3)19/h4-6,8H,7H2,1-3H3. The third-order valence-corrected chi connectivity index (χ3v) is 3.11. The Morgan fingerprint density at radius 1 is 1.37 bits per heavy atom. The predicted molar refractivity (Wildman–Crippen MR) is 72.7 cm³/mol. The van der Waals surface area contributed by atoms with Gasteiger partial charge >= 0.3 is 6.18 Å². The normalized spacial score (nSPS) is 11.8. The van der Waals surface area contributed by atoms with Gasteiger partial charge in [-0.1, -0.05) is 15.9 Å². The maximum absolute atomic E-state index is 12.6. The predicted octanol–water partition coefficient (Wildman–Crippen LogP) is 4.43. The van der Waals surface area contributed by atoms with Gasteiger partial charge in [0.25, 0.3) is 0 Å². The molecule has 0 atom stereocenters. The van der Waals surface area contributed by atoms with Gasteiger partial charge in [-0.2, -0.15) is 13.2 Å². The lowest BCUT2D eigenvalue weighted by Gasteiger charge is -2.31. The van der Waals surface area contributed by atoms with E-state index in [1.54, 1.807) is 26.0 Å². The lowest BCUT2D eigenvalue weighted by molar-refractivity contribution is -0.120. The Morgan fingerprint density at radius 2 is 1.95 bits per heavy atom. The van der Waals surface area contributed by atoms with E-state index in [0.29, 0.717) is 15.7 Å². The topological polar surface area (TPSA) is 20.3 Å². The van der Waals surface area contributed by atoms with Crippen molar-refractivity contribution in [1.29, 1.82) is 0 Å². The fraction of sp³-hybridized carbons (Fsp3) is 0.462. The SMILES string of the molecule is CC(=O)c1ccc(Br)cc1N(CC(F)(F)F)C(C)C. The number of Topliss-reactive ketones (excluding diaryl/α,β-unsaturated/α-hetero) is 1. The van der Waals surface area contributed by atoms with Crippen molar-refractivity contribution in [1.82, 2.24) is 0 Å². The van der Waals surface area contributed by atoms with E-state index in [2.05, 4.69) is 15.9 Å². The second kappa shape index (κ2) is 5.94. The number of hydrogen-bond acceptors (Lipinski definition) is 2. The van der Waals surface area contributed by atoms with E-state index in [4.69, 9.17) is 0 Å². The van der Waals surface area contributed by atoms with E-state index >= 15 is 0 Å². The zero-order valence-corrected chi connectivity index (χ0v) is 12.5. The van der Waals surface area contributed by atoms with Crippen molar-refractivity contribution in [2.75, 3.05) is 11.4 Å². The first-order chi connectivity index (χ1) is 8.61. The number of carbonyl (C=O) groups excluding carboxylic acids is 1. The number of halogens is 4. The van der Waals surface area contributed by atoms with E-state index in [1.807, 2.05) is 0 Å². The fourth-order valence-corrected chi connectivity index (χ4v) is 2.13. The van der Waals surface area contributed by atoms with Gasteiger partial charge in [0.15, 0.2) is 5.78 Å². The lowest BCUT2D eigenvalue weighted by atomic mass is 10.1. The van der Waals surface area contributed by atoms with Gasteiger partial charge in [-0.3, -0.25) is 4.79 Å². The Balaban J connectivity index is 3.29. The van der Waals surface area contributed by atoms with Gasteiger partial charge in [0.05, 0.1) is 0 Å². The molecular weight excluding hydrogens is 323 g/mol. The molecule has 1 aromatic carbocycles. The molecule has 0 spiro atoms. The highest BCUT2D eigenvalue weighted by Gasteiger charge is 2.33. The molecule has 2 nitrogen and oxygen atoms in total. The average Bonchev–Trinajstić information content (AvgIpc) is 2.23. The molecule has 0 amide bonds. The minimum atomic E-state index is -4.32. The minimum Gasteiger partial charge on any atom is -0.359 e. The van der Waals surface area contributed by atoms with Gasteiger partial charge in [-0.05, 0) is 39.0 Å². The molecule has 1 rings (SSSR count). The molecule has 0 unspecified atom stereocenters. The molecule has 106 valence electrons. The molecule has 0 aliphatic carbocycles. The molecule has 0 bridgehead atoms. The van der Waals surface area contributed by atoms with Crippen LogP contribution in [0.15, 0.2) is 22.7 Å². The summed E-state index contributed by atoms with van der Waals surface area (Å²) >= 11 is 3.22. The first kappa shape index (κ1) is 16.0. The summed E-state index contributed by atoms with van der Waals surface area (Å²) in [4.78, 5) is 12.7. The highest BCUT2D eigenvalue weighted by atomic mass is 79.9. The van der Waals surface area contributed by atoms with Crippen molar-refractivity contribution in [3.05, 3.63) is 28.2 Å². The molecule has 0 saturated heterocycles. The number of anilines is 1. The van der Waals surface area contributed by atoms with Crippen LogP contribution in [0.2, 0.25) is 0 Å². The van der Waals surface area contributed by atoms with Crippen molar-refractivity contribution in [2.45, 2.75) is 33.0 Å². The largest absolute Gasteiger partial charge is 0.405 e. The molecule has 6 heteroatoms. The van der Waals surface area contributed by atoms with E-state index in [-0.39, 0.29) is 11.8 Å². The maximum Gasteiger partial charge on any atom is 0.405 e. The van der Waals surface area contributed by atoms with Crippen molar-refractivity contribution < 1.29 is 18.0 Å². The average molecular weight is 338 g/mol. The quantitative estimate of drug-likeness (QED) is 0.757. The molecule has 0 radical (unpaired) electrons.